The smallest absolute Gasteiger partial charge is 0.325 e. The largest absolute Gasteiger partial charge is 0.458 e. The molecule has 0 aliphatic heterocycles. The van der Waals surface area contributed by atoms with Crippen LogP contribution in [-0.4, -0.2) is 23.4 Å². The summed E-state index contributed by atoms with van der Waals surface area (Å²) in [5.41, 5.74) is 1.80. The molecule has 0 fully saturated rings. The Bertz CT molecular complexity index is 942. The average molecular weight is 405 g/mol. The van der Waals surface area contributed by atoms with Gasteiger partial charge in [-0.25, -0.2) is 9.37 Å². The summed E-state index contributed by atoms with van der Waals surface area (Å²) in [5, 5.41) is 5.66. The van der Waals surface area contributed by atoms with Gasteiger partial charge in [0.1, 0.15) is 24.0 Å². The summed E-state index contributed by atoms with van der Waals surface area (Å²) in [4.78, 5) is 28.1. The first-order valence-electron chi connectivity index (χ1n) is 7.91. The van der Waals surface area contributed by atoms with Crippen molar-refractivity contribution >= 4 is 34.8 Å². The van der Waals surface area contributed by atoms with Crippen molar-refractivity contribution in [3.05, 3.63) is 76.0 Å². The van der Waals surface area contributed by atoms with Crippen molar-refractivity contribution < 1.29 is 18.7 Å². The maximum absolute atomic E-state index is 12.8. The molecule has 3 rings (SSSR count). The van der Waals surface area contributed by atoms with Gasteiger partial charge in [-0.15, -0.1) is 11.3 Å². The lowest BCUT2D eigenvalue weighted by atomic mass is 10.2. The van der Waals surface area contributed by atoms with Crippen molar-refractivity contribution in [2.75, 3.05) is 6.54 Å². The Morgan fingerprint density at radius 2 is 1.81 bits per heavy atom. The van der Waals surface area contributed by atoms with E-state index in [2.05, 4.69) is 10.3 Å². The maximum Gasteiger partial charge on any atom is 0.325 e. The first-order valence-corrected chi connectivity index (χ1v) is 9.17. The number of rotatable bonds is 6. The first-order chi connectivity index (χ1) is 13.0. The Kier molecular flexibility index (Phi) is 6.16. The van der Waals surface area contributed by atoms with Crippen LogP contribution in [0.15, 0.2) is 53.9 Å². The van der Waals surface area contributed by atoms with E-state index in [0.29, 0.717) is 10.7 Å². The van der Waals surface area contributed by atoms with E-state index in [-0.39, 0.29) is 18.7 Å². The van der Waals surface area contributed by atoms with Gasteiger partial charge in [0, 0.05) is 21.5 Å². The van der Waals surface area contributed by atoms with E-state index in [1.165, 1.54) is 35.6 Å². The number of amides is 1. The fourth-order valence-electron chi connectivity index (χ4n) is 2.16. The Labute approximate surface area is 163 Å². The molecule has 3 aromatic rings. The van der Waals surface area contributed by atoms with Crippen LogP contribution in [0.25, 0.3) is 10.6 Å². The van der Waals surface area contributed by atoms with Gasteiger partial charge in [-0.05, 0) is 36.4 Å². The molecule has 8 heteroatoms. The fraction of sp³-hybridized carbons (Fsp3) is 0.105. The predicted molar refractivity (Wildman–Crippen MR) is 101 cm³/mol. The molecule has 27 heavy (non-hydrogen) atoms. The minimum atomic E-state index is -0.591. The van der Waals surface area contributed by atoms with Gasteiger partial charge in [0.15, 0.2) is 0 Å². The van der Waals surface area contributed by atoms with Gasteiger partial charge in [-0.3, -0.25) is 9.59 Å². The highest BCUT2D eigenvalue weighted by Crippen LogP contribution is 2.25. The zero-order valence-corrected chi connectivity index (χ0v) is 15.5. The molecule has 0 atom stereocenters. The van der Waals surface area contributed by atoms with E-state index in [4.69, 9.17) is 16.3 Å². The molecular weight excluding hydrogens is 391 g/mol. The molecule has 0 bridgehead atoms. The molecule has 1 amide bonds. The number of esters is 1. The highest BCUT2D eigenvalue weighted by Gasteiger charge is 2.11. The van der Waals surface area contributed by atoms with Crippen LogP contribution in [-0.2, 0) is 16.1 Å². The van der Waals surface area contributed by atoms with Gasteiger partial charge in [0.05, 0.1) is 5.69 Å². The normalized spacial score (nSPS) is 10.4. The summed E-state index contributed by atoms with van der Waals surface area (Å²) in [6.07, 6.45) is 0. The molecule has 5 nitrogen and oxygen atoms in total. The number of carbonyl (C=O) groups is 2. The number of nitrogens with one attached hydrogen (secondary N) is 1. The third kappa shape index (κ3) is 5.35. The zero-order chi connectivity index (χ0) is 19.2. The number of ether oxygens (including phenoxy) is 1. The Morgan fingerprint density at radius 3 is 2.52 bits per heavy atom. The van der Waals surface area contributed by atoms with E-state index < -0.39 is 17.7 Å². The quantitative estimate of drug-likeness (QED) is 0.629. The zero-order valence-electron chi connectivity index (χ0n) is 13.9. The van der Waals surface area contributed by atoms with Crippen LogP contribution in [0.1, 0.15) is 16.1 Å². The van der Waals surface area contributed by atoms with Crippen LogP contribution < -0.4 is 5.32 Å². The lowest BCUT2D eigenvalue weighted by Crippen LogP contribution is -2.30. The first kappa shape index (κ1) is 19.0. The number of hydrogen-bond donors (Lipinski definition) is 1. The van der Waals surface area contributed by atoms with Gasteiger partial charge < -0.3 is 10.1 Å². The minimum Gasteiger partial charge on any atom is -0.458 e. The molecule has 0 aliphatic rings. The van der Waals surface area contributed by atoms with Crippen LogP contribution in [0.5, 0.6) is 0 Å². The minimum absolute atomic E-state index is 0.00927. The van der Waals surface area contributed by atoms with Gasteiger partial charge in [0.25, 0.3) is 5.91 Å². The second-order valence-electron chi connectivity index (χ2n) is 5.50. The van der Waals surface area contributed by atoms with E-state index in [1.807, 2.05) is 12.1 Å². The van der Waals surface area contributed by atoms with Crippen molar-refractivity contribution in [1.82, 2.24) is 10.3 Å². The SMILES string of the molecule is O=C(CNC(=O)c1ccc(F)cc1)OCc1csc(-c2ccc(Cl)cc2)n1. The number of benzene rings is 2. The summed E-state index contributed by atoms with van der Waals surface area (Å²) >= 11 is 7.30. The number of hydrogen-bond acceptors (Lipinski definition) is 5. The van der Waals surface area contributed by atoms with E-state index in [0.717, 1.165) is 10.6 Å². The summed E-state index contributed by atoms with van der Waals surface area (Å²) in [5.74, 6) is -1.51. The number of nitrogens with zero attached hydrogens (tertiary/aromatic N) is 1. The molecule has 1 heterocycles. The fourth-order valence-corrected chi connectivity index (χ4v) is 3.10. The summed E-state index contributed by atoms with van der Waals surface area (Å²) < 4.78 is 17.9. The second-order valence-corrected chi connectivity index (χ2v) is 6.80. The van der Waals surface area contributed by atoms with Crippen LogP contribution >= 0.6 is 22.9 Å². The second kappa shape index (κ2) is 8.75. The van der Waals surface area contributed by atoms with Gasteiger partial charge in [-0.1, -0.05) is 23.7 Å². The number of thiazole rings is 1. The van der Waals surface area contributed by atoms with Crippen LogP contribution in [0, 0.1) is 5.82 Å². The van der Waals surface area contributed by atoms with Crippen LogP contribution in [0.4, 0.5) is 4.39 Å². The molecule has 0 saturated heterocycles. The predicted octanol–water partition coefficient (Wildman–Crippen LogP) is 4.08. The molecule has 0 spiro atoms. The molecule has 0 unspecified atom stereocenters. The molecule has 0 aliphatic carbocycles. The standard InChI is InChI=1S/C19H14ClFN2O3S/c20-14-5-1-13(2-6-14)19-23-16(11-27-19)10-26-17(24)9-22-18(25)12-3-7-15(21)8-4-12/h1-8,11H,9-10H2,(H,22,25). The topological polar surface area (TPSA) is 68.3 Å². The van der Waals surface area contributed by atoms with Crippen molar-refractivity contribution in [2.24, 2.45) is 0 Å². The van der Waals surface area contributed by atoms with Crippen molar-refractivity contribution in [3.63, 3.8) is 0 Å². The highest BCUT2D eigenvalue weighted by molar-refractivity contribution is 7.13. The highest BCUT2D eigenvalue weighted by atomic mass is 35.5. The van der Waals surface area contributed by atoms with Gasteiger partial charge >= 0.3 is 5.97 Å². The molecule has 138 valence electrons. The summed E-state index contributed by atoms with van der Waals surface area (Å²) in [6, 6.07) is 12.3. The lowest BCUT2D eigenvalue weighted by molar-refractivity contribution is -0.143. The van der Waals surface area contributed by atoms with Crippen LogP contribution in [0.3, 0.4) is 0 Å². The third-order valence-electron chi connectivity index (χ3n) is 3.52. The van der Waals surface area contributed by atoms with E-state index >= 15 is 0 Å². The lowest BCUT2D eigenvalue weighted by Gasteiger charge is -2.05. The Morgan fingerprint density at radius 1 is 1.11 bits per heavy atom. The van der Waals surface area contributed by atoms with Gasteiger partial charge in [-0.2, -0.15) is 0 Å². The average Bonchev–Trinajstić information content (AvgIpc) is 3.14. The number of aromatic nitrogens is 1. The van der Waals surface area contributed by atoms with Crippen molar-refractivity contribution in [3.8, 4) is 10.6 Å². The molecule has 0 saturated carbocycles. The Hall–Kier alpha value is -2.77. The van der Waals surface area contributed by atoms with Crippen LogP contribution in [0.2, 0.25) is 5.02 Å². The van der Waals surface area contributed by atoms with Gasteiger partial charge in [0.2, 0.25) is 0 Å². The monoisotopic (exact) mass is 404 g/mol. The van der Waals surface area contributed by atoms with Crippen molar-refractivity contribution in [2.45, 2.75) is 6.61 Å². The number of halogens is 2. The molecule has 1 N–H and O–H groups in total. The van der Waals surface area contributed by atoms with E-state index in [9.17, 15) is 14.0 Å². The summed E-state index contributed by atoms with van der Waals surface area (Å²) in [7, 11) is 0. The van der Waals surface area contributed by atoms with E-state index in [1.54, 1.807) is 17.5 Å². The molecular formula is C19H14ClFN2O3S. The summed E-state index contributed by atoms with van der Waals surface area (Å²) in [6.45, 7) is -0.278. The van der Waals surface area contributed by atoms with Crippen molar-refractivity contribution in [1.29, 1.82) is 0 Å². The maximum atomic E-state index is 12.8. The Balaban J connectivity index is 1.47. The molecule has 0 radical (unpaired) electrons. The number of carbonyl (C=O) groups excluding carboxylic acids is 2. The molecule has 2 aromatic carbocycles. The third-order valence-corrected chi connectivity index (χ3v) is 4.72. The molecule has 1 aromatic heterocycles.